The molecule has 0 aliphatic rings. The third kappa shape index (κ3) is 42.4. The normalized spacial score (nSPS) is 13.3. The Balaban J connectivity index is 4.06. The monoisotopic (exact) mass is 816 g/mol. The molecule has 0 amide bonds. The molecule has 0 radical (unpaired) electrons. The molecule has 0 fully saturated rings. The predicted molar refractivity (Wildman–Crippen MR) is 234 cm³/mol. The van der Waals surface area contributed by atoms with Crippen molar-refractivity contribution in [2.45, 2.75) is 245 Å². The van der Waals surface area contributed by atoms with Crippen molar-refractivity contribution in [3.05, 3.63) is 12.2 Å². The van der Waals surface area contributed by atoms with Gasteiger partial charge in [-0.25, -0.2) is 4.57 Å². The molecule has 0 spiro atoms. The summed E-state index contributed by atoms with van der Waals surface area (Å²) in [6.45, 7) is 3.76. The Morgan fingerprint density at radius 1 is 0.518 bits per heavy atom. The number of hydrogen-bond acceptors (Lipinski definition) is 8. The van der Waals surface area contributed by atoms with Crippen LogP contribution in [-0.4, -0.2) is 49.3 Å². The Morgan fingerprint density at radius 3 is 1.29 bits per heavy atom. The minimum absolute atomic E-state index is 0.0546. The van der Waals surface area contributed by atoms with E-state index in [0.717, 1.165) is 38.5 Å². The highest BCUT2D eigenvalue weighted by Gasteiger charge is 2.26. The molecule has 1 unspecified atom stereocenters. The third-order valence-corrected chi connectivity index (χ3v) is 11.4. The highest BCUT2D eigenvalue weighted by molar-refractivity contribution is 7.47. The first kappa shape index (κ1) is 54.8. The first-order valence-electron chi connectivity index (χ1n) is 23.7. The van der Waals surface area contributed by atoms with Crippen LogP contribution in [0.25, 0.3) is 0 Å². The number of ether oxygens (including phenoxy) is 2. The Labute approximate surface area is 345 Å². The summed E-state index contributed by atoms with van der Waals surface area (Å²) in [6, 6.07) is 0. The summed E-state index contributed by atoms with van der Waals surface area (Å²) in [7, 11) is -4.38. The maximum Gasteiger partial charge on any atom is 0.472 e. The number of carbonyl (C=O) groups excluding carboxylic acids is 2. The lowest BCUT2D eigenvalue weighted by molar-refractivity contribution is -0.161. The summed E-state index contributed by atoms with van der Waals surface area (Å²) in [6.07, 6.45) is 45.3. The molecule has 56 heavy (non-hydrogen) atoms. The van der Waals surface area contributed by atoms with Gasteiger partial charge in [-0.1, -0.05) is 199 Å². The van der Waals surface area contributed by atoms with Crippen molar-refractivity contribution in [1.82, 2.24) is 0 Å². The number of nitrogens with two attached hydrogens (primary N) is 1. The molecule has 0 aliphatic carbocycles. The SMILES string of the molecule is CCCCCCCCCC/C=C/CCCCCC(=O)OC[C@H](COP(=O)(O)OCCN)OC(=O)CCCCCCCCCCCCCCCCCCCCCC. The standard InChI is InChI=1S/C46H90NO8P/c1-3-5-7-9-11-13-15-17-19-20-21-22-23-25-27-29-31-33-35-37-39-46(49)55-44(43-54-56(50,51)53-41-40-47)42-52-45(48)38-36-34-32-30-28-26-24-18-16-14-12-10-8-6-4-2/h26,28,44H,3-25,27,29-43,47H2,1-2H3,(H,50,51)/b28-26+/t44-/m1/s1. The van der Waals surface area contributed by atoms with Gasteiger partial charge in [0.1, 0.15) is 6.61 Å². The molecular weight excluding hydrogens is 725 g/mol. The third-order valence-electron chi connectivity index (χ3n) is 10.4. The number of phosphoric ester groups is 1. The van der Waals surface area contributed by atoms with Crippen LogP contribution in [0.3, 0.4) is 0 Å². The van der Waals surface area contributed by atoms with E-state index in [4.69, 9.17) is 24.3 Å². The smallest absolute Gasteiger partial charge is 0.462 e. The quantitative estimate of drug-likeness (QED) is 0.0266. The van der Waals surface area contributed by atoms with Crippen LogP contribution in [0, 0.1) is 0 Å². The van der Waals surface area contributed by atoms with Gasteiger partial charge >= 0.3 is 19.8 Å². The molecule has 9 nitrogen and oxygen atoms in total. The van der Waals surface area contributed by atoms with Crippen LogP contribution >= 0.6 is 7.82 Å². The van der Waals surface area contributed by atoms with Crippen molar-refractivity contribution in [3.63, 3.8) is 0 Å². The van der Waals surface area contributed by atoms with Gasteiger partial charge in [-0.15, -0.1) is 0 Å². The number of hydrogen-bond donors (Lipinski definition) is 2. The zero-order chi connectivity index (χ0) is 41.1. The average Bonchev–Trinajstić information content (AvgIpc) is 3.18. The van der Waals surface area contributed by atoms with Gasteiger partial charge in [0, 0.05) is 19.4 Å². The topological polar surface area (TPSA) is 134 Å². The molecule has 0 aromatic carbocycles. The molecule has 3 N–H and O–H groups in total. The van der Waals surface area contributed by atoms with Crippen LogP contribution in [-0.2, 0) is 32.7 Å². The maximum atomic E-state index is 12.6. The van der Waals surface area contributed by atoms with Crippen LogP contribution in [0.2, 0.25) is 0 Å². The van der Waals surface area contributed by atoms with Crippen LogP contribution < -0.4 is 5.73 Å². The summed E-state index contributed by atoms with van der Waals surface area (Å²) >= 11 is 0. The van der Waals surface area contributed by atoms with Crippen molar-refractivity contribution >= 4 is 19.8 Å². The predicted octanol–water partition coefficient (Wildman–Crippen LogP) is 13.8. The summed E-state index contributed by atoms with van der Waals surface area (Å²) in [4.78, 5) is 34.9. The average molecular weight is 816 g/mol. The van der Waals surface area contributed by atoms with Crippen molar-refractivity contribution in [3.8, 4) is 0 Å². The van der Waals surface area contributed by atoms with Gasteiger partial charge in [0.2, 0.25) is 0 Å². The molecule has 10 heteroatoms. The second kappa shape index (κ2) is 43.3. The highest BCUT2D eigenvalue weighted by Crippen LogP contribution is 2.43. The van der Waals surface area contributed by atoms with E-state index in [1.165, 1.54) is 161 Å². The highest BCUT2D eigenvalue weighted by atomic mass is 31.2. The molecule has 0 heterocycles. The lowest BCUT2D eigenvalue weighted by Crippen LogP contribution is -2.29. The summed E-state index contributed by atoms with van der Waals surface area (Å²) in [5.74, 6) is -0.833. The zero-order valence-electron chi connectivity index (χ0n) is 36.6. The van der Waals surface area contributed by atoms with Crippen molar-refractivity contribution in [1.29, 1.82) is 0 Å². The van der Waals surface area contributed by atoms with Gasteiger partial charge < -0.3 is 20.1 Å². The van der Waals surface area contributed by atoms with E-state index < -0.39 is 32.5 Å². The van der Waals surface area contributed by atoms with E-state index in [0.29, 0.717) is 12.8 Å². The fraction of sp³-hybridized carbons (Fsp3) is 0.913. The molecule has 332 valence electrons. The van der Waals surface area contributed by atoms with Gasteiger partial charge in [0.15, 0.2) is 6.10 Å². The molecule has 0 saturated heterocycles. The van der Waals surface area contributed by atoms with E-state index in [-0.39, 0.29) is 32.6 Å². The number of rotatable bonds is 45. The molecule has 0 rings (SSSR count). The van der Waals surface area contributed by atoms with Crippen molar-refractivity contribution < 1.29 is 37.6 Å². The van der Waals surface area contributed by atoms with Crippen LogP contribution in [0.4, 0.5) is 0 Å². The van der Waals surface area contributed by atoms with E-state index in [1.54, 1.807) is 0 Å². The summed E-state index contributed by atoms with van der Waals surface area (Å²) in [5, 5.41) is 0. The molecule has 0 aromatic heterocycles. The number of unbranched alkanes of at least 4 members (excludes halogenated alkanes) is 30. The van der Waals surface area contributed by atoms with E-state index in [1.807, 2.05) is 0 Å². The largest absolute Gasteiger partial charge is 0.472 e. The van der Waals surface area contributed by atoms with Gasteiger partial charge in [0.25, 0.3) is 0 Å². The number of esters is 2. The number of carbonyl (C=O) groups is 2. The van der Waals surface area contributed by atoms with Gasteiger partial charge in [-0.3, -0.25) is 18.6 Å². The minimum atomic E-state index is -4.38. The lowest BCUT2D eigenvalue weighted by Gasteiger charge is -2.19. The van der Waals surface area contributed by atoms with E-state index in [2.05, 4.69) is 26.0 Å². The molecule has 0 bridgehead atoms. The van der Waals surface area contributed by atoms with Crippen molar-refractivity contribution in [2.24, 2.45) is 5.73 Å². The number of allylic oxidation sites excluding steroid dienone is 2. The molecular formula is C46H90NO8P. The second-order valence-electron chi connectivity index (χ2n) is 16.0. The fourth-order valence-corrected chi connectivity index (χ4v) is 7.63. The van der Waals surface area contributed by atoms with Crippen molar-refractivity contribution in [2.75, 3.05) is 26.4 Å². The first-order chi connectivity index (χ1) is 27.3. The van der Waals surface area contributed by atoms with E-state index in [9.17, 15) is 19.0 Å². The van der Waals surface area contributed by atoms with Crippen LogP contribution in [0.1, 0.15) is 239 Å². The molecule has 0 aliphatic heterocycles. The zero-order valence-corrected chi connectivity index (χ0v) is 37.5. The Kier molecular flexibility index (Phi) is 42.4. The Morgan fingerprint density at radius 2 is 0.875 bits per heavy atom. The Hall–Kier alpha value is -1.25. The van der Waals surface area contributed by atoms with Gasteiger partial charge in [-0.05, 0) is 38.5 Å². The number of phosphoric acid groups is 1. The summed E-state index contributed by atoms with van der Waals surface area (Å²) in [5.41, 5.74) is 5.35. The van der Waals surface area contributed by atoms with Gasteiger partial charge in [-0.2, -0.15) is 0 Å². The maximum absolute atomic E-state index is 12.6. The Bertz CT molecular complexity index is 933. The minimum Gasteiger partial charge on any atom is -0.462 e. The van der Waals surface area contributed by atoms with Crippen LogP contribution in [0.15, 0.2) is 12.2 Å². The van der Waals surface area contributed by atoms with Gasteiger partial charge in [0.05, 0.1) is 13.2 Å². The molecule has 2 atom stereocenters. The summed E-state index contributed by atoms with van der Waals surface area (Å²) < 4.78 is 32.8. The lowest BCUT2D eigenvalue weighted by atomic mass is 10.0. The van der Waals surface area contributed by atoms with E-state index >= 15 is 0 Å². The second-order valence-corrected chi connectivity index (χ2v) is 17.4. The molecule has 0 aromatic rings. The first-order valence-corrected chi connectivity index (χ1v) is 25.2. The fourth-order valence-electron chi connectivity index (χ4n) is 6.87. The molecule has 0 saturated carbocycles. The van der Waals surface area contributed by atoms with Crippen LogP contribution in [0.5, 0.6) is 0 Å².